The highest BCUT2D eigenvalue weighted by Crippen LogP contribution is 2.50. The van der Waals surface area contributed by atoms with E-state index in [0.29, 0.717) is 42.8 Å². The van der Waals surface area contributed by atoms with Crippen LogP contribution in [0.1, 0.15) is 70.8 Å². The Morgan fingerprint density at radius 3 is 2.31 bits per heavy atom. The fourth-order valence-electron chi connectivity index (χ4n) is 5.41. The molecule has 2 saturated carbocycles. The van der Waals surface area contributed by atoms with Crippen molar-refractivity contribution in [3.63, 3.8) is 0 Å². The van der Waals surface area contributed by atoms with Crippen LogP contribution >= 0.6 is 0 Å². The summed E-state index contributed by atoms with van der Waals surface area (Å²) in [6.07, 6.45) is 5.54. The molecule has 1 aliphatic heterocycles. The number of halogens is 1. The van der Waals surface area contributed by atoms with E-state index < -0.39 is 17.8 Å². The number of carbonyl (C=O) groups is 3. The monoisotopic (exact) mass is 500 g/mol. The maximum atomic E-state index is 15.1. The van der Waals surface area contributed by atoms with Crippen LogP contribution in [0.2, 0.25) is 0 Å². The minimum absolute atomic E-state index is 0.133. The molecule has 3 amide bonds. The molecule has 3 atom stereocenters. The smallest absolute Gasteiger partial charge is 0.245 e. The molecule has 3 unspecified atom stereocenters. The Labute approximate surface area is 214 Å². The topological polar surface area (TPSA) is 81.8 Å². The zero-order chi connectivity index (χ0) is 26.0. The van der Waals surface area contributed by atoms with Crippen molar-refractivity contribution in [2.24, 2.45) is 17.8 Å². The average Bonchev–Trinajstić information content (AvgIpc) is 3.76. The Morgan fingerprint density at radius 1 is 1.08 bits per heavy atom. The molecular formula is C28H41FN4O3. The number of anilines is 1. The maximum Gasteiger partial charge on any atom is 0.245 e. The van der Waals surface area contributed by atoms with Crippen molar-refractivity contribution in [2.45, 2.75) is 77.3 Å². The summed E-state index contributed by atoms with van der Waals surface area (Å²) in [7, 11) is 2.03. The van der Waals surface area contributed by atoms with Gasteiger partial charge in [-0.2, -0.15) is 0 Å². The summed E-state index contributed by atoms with van der Waals surface area (Å²) in [6.45, 7) is 7.59. The zero-order valence-corrected chi connectivity index (χ0v) is 22.1. The third kappa shape index (κ3) is 6.44. The lowest BCUT2D eigenvalue weighted by molar-refractivity contribution is -0.139. The fourth-order valence-corrected chi connectivity index (χ4v) is 5.41. The SMILES string of the molecule is CCC(=O)NC(C(=O)N1CCN(C)C(C)C1)C(C)c1ccc(NC(=O)CC(C2CC2)C2CC2)c(F)c1. The highest BCUT2D eigenvalue weighted by Gasteiger charge is 2.42. The second-order valence-electron chi connectivity index (χ2n) is 11.1. The molecule has 1 heterocycles. The first-order valence-corrected chi connectivity index (χ1v) is 13.6. The van der Waals surface area contributed by atoms with Crippen molar-refractivity contribution in [1.29, 1.82) is 0 Å². The molecule has 3 aliphatic rings. The molecule has 198 valence electrons. The van der Waals surface area contributed by atoms with E-state index in [1.165, 1.54) is 31.7 Å². The fraction of sp³-hybridized carbons (Fsp3) is 0.679. The second-order valence-corrected chi connectivity index (χ2v) is 11.1. The van der Waals surface area contributed by atoms with Crippen LogP contribution < -0.4 is 10.6 Å². The molecule has 0 aromatic heterocycles. The summed E-state index contributed by atoms with van der Waals surface area (Å²) < 4.78 is 15.1. The van der Waals surface area contributed by atoms with Gasteiger partial charge in [-0.25, -0.2) is 4.39 Å². The first-order chi connectivity index (χ1) is 17.2. The maximum absolute atomic E-state index is 15.1. The number of nitrogens with zero attached hydrogens (tertiary/aromatic N) is 2. The Morgan fingerprint density at radius 2 is 1.75 bits per heavy atom. The quantitative estimate of drug-likeness (QED) is 0.513. The molecule has 36 heavy (non-hydrogen) atoms. The van der Waals surface area contributed by atoms with Gasteiger partial charge < -0.3 is 20.4 Å². The molecule has 2 N–H and O–H groups in total. The zero-order valence-electron chi connectivity index (χ0n) is 22.1. The molecule has 1 aromatic rings. The van der Waals surface area contributed by atoms with E-state index in [1.54, 1.807) is 24.0 Å². The van der Waals surface area contributed by atoms with Gasteiger partial charge in [-0.15, -0.1) is 0 Å². The van der Waals surface area contributed by atoms with Gasteiger partial charge in [-0.3, -0.25) is 14.4 Å². The number of hydrogen-bond acceptors (Lipinski definition) is 4. The number of piperazine rings is 1. The van der Waals surface area contributed by atoms with Crippen LogP contribution in [0.5, 0.6) is 0 Å². The van der Waals surface area contributed by atoms with Gasteiger partial charge in [0.2, 0.25) is 17.7 Å². The number of rotatable bonds is 10. The third-order valence-corrected chi connectivity index (χ3v) is 8.34. The molecule has 7 nitrogen and oxygen atoms in total. The summed E-state index contributed by atoms with van der Waals surface area (Å²) in [4.78, 5) is 42.4. The van der Waals surface area contributed by atoms with E-state index in [2.05, 4.69) is 22.5 Å². The van der Waals surface area contributed by atoms with Crippen LogP contribution in [0, 0.1) is 23.6 Å². The van der Waals surface area contributed by atoms with E-state index in [1.807, 2.05) is 14.0 Å². The van der Waals surface area contributed by atoms with E-state index in [0.717, 1.165) is 6.54 Å². The van der Waals surface area contributed by atoms with Gasteiger partial charge in [0.05, 0.1) is 5.69 Å². The Balaban J connectivity index is 1.44. The van der Waals surface area contributed by atoms with Crippen LogP contribution in [0.3, 0.4) is 0 Å². The molecule has 1 saturated heterocycles. The molecule has 0 spiro atoms. The van der Waals surface area contributed by atoms with Gasteiger partial charge >= 0.3 is 0 Å². The summed E-state index contributed by atoms with van der Waals surface area (Å²) in [5.41, 5.74) is 0.769. The van der Waals surface area contributed by atoms with Gasteiger partial charge in [0.1, 0.15) is 11.9 Å². The molecule has 2 aliphatic carbocycles. The molecule has 0 radical (unpaired) electrons. The minimum Gasteiger partial charge on any atom is -0.344 e. The van der Waals surface area contributed by atoms with E-state index in [-0.39, 0.29) is 35.9 Å². The third-order valence-electron chi connectivity index (χ3n) is 8.34. The lowest BCUT2D eigenvalue weighted by atomic mass is 9.91. The molecule has 0 bridgehead atoms. The van der Waals surface area contributed by atoms with Crippen LogP contribution in [0.4, 0.5) is 10.1 Å². The molecule has 3 fully saturated rings. The summed E-state index contributed by atoms with van der Waals surface area (Å²) >= 11 is 0. The normalized spacial score (nSPS) is 22.3. The number of nitrogens with one attached hydrogen (secondary N) is 2. The van der Waals surface area contributed by atoms with Crippen LogP contribution in [-0.2, 0) is 14.4 Å². The van der Waals surface area contributed by atoms with Gasteiger partial charge in [0.15, 0.2) is 0 Å². The standard InChI is InChI=1S/C28H41FN4O3/c1-5-25(34)31-27(28(36)33-13-12-32(4)17(2)16-33)18(3)21-10-11-24(23(29)14-21)30-26(35)15-22(19-6-7-19)20-8-9-20/h10-11,14,17-20,22,27H,5-9,12-13,15-16H2,1-4H3,(H,30,35)(H,31,34). The highest BCUT2D eigenvalue weighted by molar-refractivity contribution is 5.91. The van der Waals surface area contributed by atoms with Crippen molar-refractivity contribution in [3.05, 3.63) is 29.6 Å². The summed E-state index contributed by atoms with van der Waals surface area (Å²) in [5.74, 6) is 0.296. The number of benzene rings is 1. The van der Waals surface area contributed by atoms with Crippen molar-refractivity contribution in [1.82, 2.24) is 15.1 Å². The summed E-state index contributed by atoms with van der Waals surface area (Å²) in [5, 5.41) is 5.64. The van der Waals surface area contributed by atoms with Crippen molar-refractivity contribution in [2.75, 3.05) is 32.0 Å². The second kappa shape index (κ2) is 11.3. The largest absolute Gasteiger partial charge is 0.344 e. The van der Waals surface area contributed by atoms with E-state index >= 15 is 4.39 Å². The average molecular weight is 501 g/mol. The Kier molecular flexibility index (Phi) is 8.33. The number of likely N-dealkylation sites (N-methyl/N-ethyl adjacent to an activating group) is 1. The molecule has 4 rings (SSSR count). The Hall–Kier alpha value is -2.48. The molecular weight excluding hydrogens is 459 g/mol. The molecule has 8 heteroatoms. The van der Waals surface area contributed by atoms with E-state index in [9.17, 15) is 14.4 Å². The first-order valence-electron chi connectivity index (χ1n) is 13.6. The molecule has 1 aromatic carbocycles. The van der Waals surface area contributed by atoms with Gasteiger partial charge in [-0.1, -0.05) is 19.9 Å². The van der Waals surface area contributed by atoms with Crippen molar-refractivity contribution in [3.8, 4) is 0 Å². The van der Waals surface area contributed by atoms with Gasteiger partial charge in [0, 0.05) is 44.4 Å². The lowest BCUT2D eigenvalue weighted by Crippen LogP contribution is -2.58. The van der Waals surface area contributed by atoms with Crippen LogP contribution in [0.15, 0.2) is 18.2 Å². The number of amides is 3. The first kappa shape index (κ1) is 26.6. The number of hydrogen-bond donors (Lipinski definition) is 2. The minimum atomic E-state index is -0.786. The van der Waals surface area contributed by atoms with Crippen molar-refractivity contribution >= 4 is 23.4 Å². The highest BCUT2D eigenvalue weighted by atomic mass is 19.1. The lowest BCUT2D eigenvalue weighted by Gasteiger charge is -2.40. The van der Waals surface area contributed by atoms with E-state index in [4.69, 9.17) is 0 Å². The van der Waals surface area contributed by atoms with Crippen LogP contribution in [-0.4, -0.2) is 66.3 Å². The number of carbonyl (C=O) groups excluding carboxylic acids is 3. The predicted octanol–water partition coefficient (Wildman–Crippen LogP) is 3.75. The van der Waals surface area contributed by atoms with Crippen LogP contribution in [0.25, 0.3) is 0 Å². The van der Waals surface area contributed by atoms with Gasteiger partial charge in [-0.05, 0) is 75.1 Å². The van der Waals surface area contributed by atoms with Crippen molar-refractivity contribution < 1.29 is 18.8 Å². The Bertz CT molecular complexity index is 966. The van der Waals surface area contributed by atoms with Gasteiger partial charge in [0.25, 0.3) is 0 Å². The predicted molar refractivity (Wildman–Crippen MR) is 138 cm³/mol. The summed E-state index contributed by atoms with van der Waals surface area (Å²) in [6, 6.07) is 4.13.